The van der Waals surface area contributed by atoms with Crippen molar-refractivity contribution in [1.82, 2.24) is 15.1 Å². The predicted octanol–water partition coefficient (Wildman–Crippen LogP) is 4.45. The number of nitrogens with one attached hydrogen (secondary N) is 1. The highest BCUT2D eigenvalue weighted by molar-refractivity contribution is 6.32. The Bertz CT molecular complexity index is 1130. The fraction of sp³-hybridized carbons (Fsp3) is 0.556. The van der Waals surface area contributed by atoms with Gasteiger partial charge in [0.2, 0.25) is 0 Å². The molecule has 0 bridgehead atoms. The minimum Gasteiger partial charge on any atom is -0.336 e. The van der Waals surface area contributed by atoms with Gasteiger partial charge in [-0.05, 0) is 64.8 Å². The monoisotopic (exact) mass is 533 g/mol. The maximum Gasteiger partial charge on any atom is 0.417 e. The van der Waals surface area contributed by atoms with Crippen molar-refractivity contribution >= 4 is 23.5 Å². The number of halogens is 3. The van der Waals surface area contributed by atoms with E-state index < -0.39 is 29.1 Å². The van der Waals surface area contributed by atoms with Crippen molar-refractivity contribution in [2.45, 2.75) is 65.1 Å². The van der Waals surface area contributed by atoms with E-state index >= 15 is 0 Å². The fourth-order valence-electron chi connectivity index (χ4n) is 4.72. The minimum absolute atomic E-state index is 0.0252. The molecule has 0 atom stereocenters. The quantitative estimate of drug-likeness (QED) is 0.374. The van der Waals surface area contributed by atoms with E-state index in [0.29, 0.717) is 37.6 Å². The summed E-state index contributed by atoms with van der Waals surface area (Å²) in [7, 11) is 0. The largest absolute Gasteiger partial charge is 0.417 e. The molecule has 0 spiro atoms. The molecule has 11 heteroatoms. The zero-order valence-corrected chi connectivity index (χ0v) is 22.0. The smallest absolute Gasteiger partial charge is 0.336 e. The van der Waals surface area contributed by atoms with E-state index in [0.717, 1.165) is 49.9 Å². The zero-order chi connectivity index (χ0) is 28.0. The first kappa shape index (κ1) is 29.2. The van der Waals surface area contributed by atoms with Gasteiger partial charge in [0.1, 0.15) is 0 Å². The maximum absolute atomic E-state index is 13.4. The first-order valence-corrected chi connectivity index (χ1v) is 12.9. The summed E-state index contributed by atoms with van der Waals surface area (Å²) in [6, 6.07) is 4.43. The summed E-state index contributed by atoms with van der Waals surface area (Å²) in [5.41, 5.74) is -1.37. The summed E-state index contributed by atoms with van der Waals surface area (Å²) in [6.07, 6.45) is -0.960. The lowest BCUT2D eigenvalue weighted by Crippen LogP contribution is -2.52. The summed E-state index contributed by atoms with van der Waals surface area (Å²) in [4.78, 5) is 42.7. The molecule has 1 saturated heterocycles. The number of carbonyl (C=O) groups excluding carboxylic acids is 3. The molecule has 1 aromatic rings. The van der Waals surface area contributed by atoms with Gasteiger partial charge in [-0.2, -0.15) is 18.4 Å². The molecule has 0 radical (unpaired) electrons. The number of hydrogen-bond acceptors (Lipinski definition) is 5. The van der Waals surface area contributed by atoms with Crippen LogP contribution >= 0.6 is 0 Å². The number of unbranched alkanes of at least 4 members (excludes halogenated alkanes) is 3. The maximum atomic E-state index is 13.4. The number of alkyl halides is 3. The molecule has 1 fully saturated rings. The van der Waals surface area contributed by atoms with Crippen LogP contribution in [0.25, 0.3) is 0 Å². The van der Waals surface area contributed by atoms with E-state index in [1.807, 2.05) is 18.7 Å². The number of nitrogens with zero attached hydrogens (tertiary/aromatic N) is 4. The third-order valence-corrected chi connectivity index (χ3v) is 6.85. The van der Waals surface area contributed by atoms with Crippen molar-refractivity contribution in [1.29, 1.82) is 5.26 Å². The van der Waals surface area contributed by atoms with E-state index in [9.17, 15) is 27.6 Å². The normalized spacial score (nSPS) is 17.0. The molecule has 0 aliphatic carbocycles. The van der Waals surface area contributed by atoms with Crippen LogP contribution in [0.3, 0.4) is 0 Å². The number of piperazine rings is 1. The number of rotatable bonds is 9. The molecule has 4 amide bonds. The standard InChI is InChI=1S/C27H34F3N5O3/c1-18(2)32-26(38)34-14-12-33(13-15-34)11-7-5-4-6-8-22-19(3)24(36)35(25(22)37)21-10-9-20(17-31)23(16-21)27(28,29)30/h9-10,16,18H,4-8,11-15H2,1-3H3,(H,32,38). The summed E-state index contributed by atoms with van der Waals surface area (Å²) in [5.74, 6) is -1.24. The first-order valence-electron chi connectivity index (χ1n) is 12.9. The van der Waals surface area contributed by atoms with E-state index in [4.69, 9.17) is 5.26 Å². The number of urea groups is 1. The van der Waals surface area contributed by atoms with Gasteiger partial charge in [-0.3, -0.25) is 14.5 Å². The van der Waals surface area contributed by atoms with E-state index in [1.165, 1.54) is 19.1 Å². The molecule has 1 aromatic carbocycles. The van der Waals surface area contributed by atoms with Crippen LogP contribution in [0.15, 0.2) is 29.3 Å². The Balaban J connectivity index is 1.45. The number of hydrogen-bond donors (Lipinski definition) is 1. The Labute approximate surface area is 221 Å². The lowest BCUT2D eigenvalue weighted by Gasteiger charge is -2.35. The molecule has 2 aliphatic rings. The Morgan fingerprint density at radius 1 is 1.05 bits per heavy atom. The van der Waals surface area contributed by atoms with Gasteiger partial charge >= 0.3 is 12.2 Å². The van der Waals surface area contributed by atoms with Gasteiger partial charge in [0.05, 0.1) is 22.9 Å². The number of amides is 4. The molecule has 0 saturated carbocycles. The zero-order valence-electron chi connectivity index (χ0n) is 22.0. The summed E-state index contributed by atoms with van der Waals surface area (Å²) in [5, 5.41) is 11.9. The van der Waals surface area contributed by atoms with E-state index in [1.54, 1.807) is 0 Å². The predicted molar refractivity (Wildman–Crippen MR) is 136 cm³/mol. The molecular formula is C27H34F3N5O3. The first-order chi connectivity index (χ1) is 17.9. The highest BCUT2D eigenvalue weighted by Crippen LogP contribution is 2.37. The molecule has 1 N–H and O–H groups in total. The SMILES string of the molecule is CC1=C(CCCCCCN2CCN(C(=O)NC(C)C)CC2)C(=O)N(c2ccc(C#N)c(C(F)(F)F)c2)C1=O. The molecule has 2 heterocycles. The minimum atomic E-state index is -4.78. The molecule has 38 heavy (non-hydrogen) atoms. The second-order valence-electron chi connectivity index (χ2n) is 9.99. The van der Waals surface area contributed by atoms with Crippen LogP contribution in [-0.4, -0.2) is 66.4 Å². The Morgan fingerprint density at radius 2 is 1.71 bits per heavy atom. The van der Waals surface area contributed by atoms with Crippen molar-refractivity contribution < 1.29 is 27.6 Å². The van der Waals surface area contributed by atoms with Crippen molar-refractivity contribution in [3.05, 3.63) is 40.5 Å². The third kappa shape index (κ3) is 6.92. The van der Waals surface area contributed by atoms with Gasteiger partial charge in [0, 0.05) is 43.4 Å². The van der Waals surface area contributed by atoms with Crippen LogP contribution in [0.1, 0.15) is 64.0 Å². The van der Waals surface area contributed by atoms with E-state index in [-0.39, 0.29) is 23.3 Å². The molecule has 2 aliphatic heterocycles. The molecule has 3 rings (SSSR count). The molecule has 0 aromatic heterocycles. The second kappa shape index (κ2) is 12.4. The van der Waals surface area contributed by atoms with Crippen molar-refractivity contribution in [2.24, 2.45) is 0 Å². The summed E-state index contributed by atoms with van der Waals surface area (Å²) < 4.78 is 40.1. The highest BCUT2D eigenvalue weighted by atomic mass is 19.4. The Morgan fingerprint density at radius 3 is 2.32 bits per heavy atom. The average molecular weight is 534 g/mol. The van der Waals surface area contributed by atoms with Gasteiger partial charge < -0.3 is 10.2 Å². The topological polar surface area (TPSA) is 96.8 Å². The third-order valence-electron chi connectivity index (χ3n) is 6.85. The number of anilines is 1. The molecule has 8 nitrogen and oxygen atoms in total. The number of imide groups is 1. The van der Waals surface area contributed by atoms with Gasteiger partial charge in [-0.15, -0.1) is 0 Å². The van der Waals surface area contributed by atoms with Crippen LogP contribution in [-0.2, 0) is 15.8 Å². The van der Waals surface area contributed by atoms with Crippen LogP contribution in [0.4, 0.5) is 23.7 Å². The fourth-order valence-corrected chi connectivity index (χ4v) is 4.72. The molecule has 0 unspecified atom stereocenters. The number of nitriles is 1. The molecular weight excluding hydrogens is 499 g/mol. The van der Waals surface area contributed by atoms with Gasteiger partial charge in [0.25, 0.3) is 11.8 Å². The average Bonchev–Trinajstić information content (AvgIpc) is 3.07. The van der Waals surface area contributed by atoms with Crippen LogP contribution in [0.5, 0.6) is 0 Å². The molecule has 206 valence electrons. The number of carbonyl (C=O) groups is 3. The Hall–Kier alpha value is -3.39. The number of benzene rings is 1. The van der Waals surface area contributed by atoms with Crippen molar-refractivity contribution in [3.8, 4) is 6.07 Å². The second-order valence-corrected chi connectivity index (χ2v) is 9.99. The van der Waals surface area contributed by atoms with Gasteiger partial charge in [-0.1, -0.05) is 12.8 Å². The van der Waals surface area contributed by atoms with Crippen molar-refractivity contribution in [2.75, 3.05) is 37.6 Å². The van der Waals surface area contributed by atoms with Gasteiger partial charge in [0.15, 0.2) is 0 Å². The van der Waals surface area contributed by atoms with Crippen LogP contribution in [0.2, 0.25) is 0 Å². The highest BCUT2D eigenvalue weighted by Gasteiger charge is 2.39. The van der Waals surface area contributed by atoms with Crippen LogP contribution in [0, 0.1) is 11.3 Å². The van der Waals surface area contributed by atoms with E-state index in [2.05, 4.69) is 10.2 Å². The lowest BCUT2D eigenvalue weighted by molar-refractivity contribution is -0.138. The lowest BCUT2D eigenvalue weighted by atomic mass is 10.0. The Kier molecular flexibility index (Phi) is 9.55. The van der Waals surface area contributed by atoms with Crippen LogP contribution < -0.4 is 10.2 Å². The summed E-state index contributed by atoms with van der Waals surface area (Å²) >= 11 is 0. The summed E-state index contributed by atoms with van der Waals surface area (Å²) in [6.45, 7) is 9.36. The van der Waals surface area contributed by atoms with Crippen molar-refractivity contribution in [3.63, 3.8) is 0 Å². The van der Waals surface area contributed by atoms with Gasteiger partial charge in [-0.25, -0.2) is 9.69 Å².